The molecule has 0 bridgehead atoms. The highest BCUT2D eigenvalue weighted by atomic mass is 35.5. The standard InChI is InChI=1S/C7H8ClNO4/c1-12-3-4-7(8)9-5(13-4)2-6(10)11/h2-3H2,1H3,(H,10,11). The first-order valence-electron chi connectivity index (χ1n) is 3.48. The van der Waals surface area contributed by atoms with Crippen molar-refractivity contribution in [2.75, 3.05) is 7.11 Å². The van der Waals surface area contributed by atoms with Gasteiger partial charge in [0.25, 0.3) is 0 Å². The zero-order chi connectivity index (χ0) is 9.84. The van der Waals surface area contributed by atoms with Crippen molar-refractivity contribution in [3.8, 4) is 0 Å². The molecule has 0 aliphatic carbocycles. The molecule has 5 nitrogen and oxygen atoms in total. The molecule has 0 aromatic carbocycles. The van der Waals surface area contributed by atoms with Gasteiger partial charge >= 0.3 is 5.97 Å². The van der Waals surface area contributed by atoms with E-state index in [1.54, 1.807) is 0 Å². The van der Waals surface area contributed by atoms with E-state index in [1.165, 1.54) is 7.11 Å². The number of oxazole rings is 1. The molecule has 0 unspecified atom stereocenters. The fraction of sp³-hybridized carbons (Fsp3) is 0.429. The van der Waals surface area contributed by atoms with Crippen LogP contribution in [0.5, 0.6) is 0 Å². The molecule has 0 aliphatic rings. The van der Waals surface area contributed by atoms with Crippen LogP contribution in [0.25, 0.3) is 0 Å². The Kier molecular flexibility index (Phi) is 3.27. The van der Waals surface area contributed by atoms with Crippen molar-refractivity contribution in [1.29, 1.82) is 0 Å². The first-order chi connectivity index (χ1) is 6.13. The molecule has 0 spiro atoms. The third-order valence-corrected chi connectivity index (χ3v) is 1.57. The molecule has 1 N–H and O–H groups in total. The summed E-state index contributed by atoms with van der Waals surface area (Å²) in [7, 11) is 1.48. The van der Waals surface area contributed by atoms with Crippen LogP contribution < -0.4 is 0 Å². The Morgan fingerprint density at radius 1 is 1.77 bits per heavy atom. The maximum absolute atomic E-state index is 10.3. The predicted octanol–water partition coefficient (Wildman–Crippen LogP) is 1.10. The molecule has 0 saturated carbocycles. The van der Waals surface area contributed by atoms with Gasteiger partial charge in [-0.15, -0.1) is 0 Å². The fourth-order valence-corrected chi connectivity index (χ4v) is 0.991. The Hall–Kier alpha value is -1.07. The van der Waals surface area contributed by atoms with Crippen LogP contribution in [0, 0.1) is 0 Å². The average molecular weight is 206 g/mol. The summed E-state index contributed by atoms with van der Waals surface area (Å²) in [4.78, 5) is 14.0. The van der Waals surface area contributed by atoms with Crippen LogP contribution in [-0.2, 0) is 22.6 Å². The first-order valence-corrected chi connectivity index (χ1v) is 3.86. The summed E-state index contributed by atoms with van der Waals surface area (Å²) in [6, 6.07) is 0. The number of carboxylic acids is 1. The minimum Gasteiger partial charge on any atom is -0.481 e. The van der Waals surface area contributed by atoms with Crippen LogP contribution >= 0.6 is 11.6 Å². The van der Waals surface area contributed by atoms with Gasteiger partial charge in [-0.05, 0) is 0 Å². The van der Waals surface area contributed by atoms with Gasteiger partial charge in [0.05, 0.1) is 0 Å². The lowest BCUT2D eigenvalue weighted by Gasteiger charge is -1.91. The summed E-state index contributed by atoms with van der Waals surface area (Å²) in [6.07, 6.45) is -0.274. The molecular weight excluding hydrogens is 198 g/mol. The smallest absolute Gasteiger partial charge is 0.312 e. The topological polar surface area (TPSA) is 72.6 Å². The van der Waals surface area contributed by atoms with Crippen molar-refractivity contribution in [3.63, 3.8) is 0 Å². The molecule has 1 heterocycles. The lowest BCUT2D eigenvalue weighted by atomic mass is 10.4. The van der Waals surface area contributed by atoms with Gasteiger partial charge in [0.2, 0.25) is 5.89 Å². The van der Waals surface area contributed by atoms with E-state index in [-0.39, 0.29) is 24.1 Å². The van der Waals surface area contributed by atoms with Gasteiger partial charge in [-0.2, -0.15) is 0 Å². The molecule has 6 heteroatoms. The van der Waals surface area contributed by atoms with Crippen LogP contribution in [0.4, 0.5) is 0 Å². The van der Waals surface area contributed by atoms with Gasteiger partial charge in [-0.1, -0.05) is 11.6 Å². The maximum atomic E-state index is 10.3. The highest BCUT2D eigenvalue weighted by molar-refractivity contribution is 6.29. The first kappa shape index (κ1) is 10.0. The van der Waals surface area contributed by atoms with Crippen molar-refractivity contribution in [2.45, 2.75) is 13.0 Å². The molecule has 0 saturated heterocycles. The lowest BCUT2D eigenvalue weighted by molar-refractivity contribution is -0.136. The van der Waals surface area contributed by atoms with E-state index in [0.29, 0.717) is 5.76 Å². The van der Waals surface area contributed by atoms with Crippen LogP contribution in [0.15, 0.2) is 4.42 Å². The Morgan fingerprint density at radius 2 is 2.46 bits per heavy atom. The molecule has 0 amide bonds. The predicted molar refractivity (Wildman–Crippen MR) is 43.6 cm³/mol. The molecule has 0 atom stereocenters. The summed E-state index contributed by atoms with van der Waals surface area (Å²) in [5.41, 5.74) is 0. The average Bonchev–Trinajstić information content (AvgIpc) is 2.31. The number of nitrogens with zero attached hydrogens (tertiary/aromatic N) is 1. The van der Waals surface area contributed by atoms with Crippen molar-refractivity contribution >= 4 is 17.6 Å². The molecule has 0 fully saturated rings. The number of carboxylic acid groups (broad SMARTS) is 1. The van der Waals surface area contributed by atoms with E-state index in [0.717, 1.165) is 0 Å². The Bertz CT molecular complexity index is 309. The van der Waals surface area contributed by atoms with Gasteiger partial charge in [-0.25, -0.2) is 4.98 Å². The highest BCUT2D eigenvalue weighted by Crippen LogP contribution is 2.17. The number of hydrogen-bond donors (Lipinski definition) is 1. The largest absolute Gasteiger partial charge is 0.481 e. The SMILES string of the molecule is COCc1oc(CC(=O)O)nc1Cl. The Balaban J connectivity index is 2.76. The number of hydrogen-bond acceptors (Lipinski definition) is 4. The van der Waals surface area contributed by atoms with Crippen LogP contribution in [0.3, 0.4) is 0 Å². The van der Waals surface area contributed by atoms with E-state index >= 15 is 0 Å². The zero-order valence-electron chi connectivity index (χ0n) is 6.91. The van der Waals surface area contributed by atoms with Gasteiger partial charge < -0.3 is 14.3 Å². The zero-order valence-corrected chi connectivity index (χ0v) is 7.67. The molecule has 72 valence electrons. The summed E-state index contributed by atoms with van der Waals surface area (Å²) in [5, 5.41) is 8.57. The van der Waals surface area contributed by atoms with Crippen molar-refractivity contribution < 1.29 is 19.1 Å². The number of aromatic nitrogens is 1. The van der Waals surface area contributed by atoms with E-state index in [1.807, 2.05) is 0 Å². The molecule has 0 radical (unpaired) electrons. The molecule has 1 aromatic rings. The number of aliphatic carboxylic acids is 1. The number of ether oxygens (including phenoxy) is 1. The van der Waals surface area contributed by atoms with Crippen LogP contribution in [-0.4, -0.2) is 23.2 Å². The van der Waals surface area contributed by atoms with Gasteiger partial charge in [0.1, 0.15) is 13.0 Å². The van der Waals surface area contributed by atoms with Crippen molar-refractivity contribution in [3.05, 3.63) is 16.8 Å². The van der Waals surface area contributed by atoms with E-state index < -0.39 is 5.97 Å². The van der Waals surface area contributed by atoms with Crippen molar-refractivity contribution in [2.24, 2.45) is 0 Å². The number of rotatable bonds is 4. The normalized spacial score (nSPS) is 10.3. The number of halogens is 1. The van der Waals surface area contributed by atoms with Crippen LogP contribution in [0.1, 0.15) is 11.7 Å². The summed E-state index contributed by atoms with van der Waals surface area (Å²) in [5.74, 6) is -0.577. The maximum Gasteiger partial charge on any atom is 0.312 e. The quantitative estimate of drug-likeness (QED) is 0.797. The van der Waals surface area contributed by atoms with Gasteiger partial charge in [0.15, 0.2) is 10.9 Å². The molecule has 1 rings (SSSR count). The van der Waals surface area contributed by atoms with Crippen molar-refractivity contribution in [1.82, 2.24) is 4.98 Å². The van der Waals surface area contributed by atoms with E-state index in [9.17, 15) is 4.79 Å². The second-order valence-electron chi connectivity index (χ2n) is 2.33. The minimum atomic E-state index is -1.01. The molecule has 1 aromatic heterocycles. The van der Waals surface area contributed by atoms with E-state index in [4.69, 9.17) is 25.9 Å². The van der Waals surface area contributed by atoms with E-state index in [2.05, 4.69) is 4.98 Å². The van der Waals surface area contributed by atoms with Gasteiger partial charge in [0, 0.05) is 7.11 Å². The summed E-state index contributed by atoms with van der Waals surface area (Å²) in [6.45, 7) is 0.186. The molecular formula is C7H8ClNO4. The highest BCUT2D eigenvalue weighted by Gasteiger charge is 2.13. The second kappa shape index (κ2) is 4.25. The molecule has 0 aliphatic heterocycles. The Labute approximate surface area is 79.3 Å². The lowest BCUT2D eigenvalue weighted by Crippen LogP contribution is -1.99. The monoisotopic (exact) mass is 205 g/mol. The number of methoxy groups -OCH3 is 1. The Morgan fingerprint density at radius 3 is 3.00 bits per heavy atom. The molecule has 13 heavy (non-hydrogen) atoms. The third-order valence-electron chi connectivity index (χ3n) is 1.27. The second-order valence-corrected chi connectivity index (χ2v) is 2.68. The minimum absolute atomic E-state index is 0.0875. The van der Waals surface area contributed by atoms with Gasteiger partial charge in [-0.3, -0.25) is 4.79 Å². The summed E-state index contributed by atoms with van der Waals surface area (Å²) >= 11 is 5.63. The third kappa shape index (κ3) is 2.71. The summed E-state index contributed by atoms with van der Waals surface area (Å²) < 4.78 is 9.78. The van der Waals surface area contributed by atoms with Crippen LogP contribution in [0.2, 0.25) is 5.15 Å². The fourth-order valence-electron chi connectivity index (χ4n) is 0.804. The number of carbonyl (C=O) groups is 1.